The van der Waals surface area contributed by atoms with Crippen LogP contribution in [-0.4, -0.2) is 25.5 Å². The minimum Gasteiger partial charge on any atom is -0.363 e. The van der Waals surface area contributed by atoms with E-state index in [1.165, 1.54) is 0 Å². The van der Waals surface area contributed by atoms with Crippen molar-refractivity contribution in [3.8, 4) is 0 Å². The SMILES string of the molecule is C=CCN(CC=C)c1cc2c(cc1Br)C(NCC)C(=O)N2. The molecule has 1 aromatic rings. The van der Waals surface area contributed by atoms with Crippen molar-refractivity contribution in [1.29, 1.82) is 0 Å². The van der Waals surface area contributed by atoms with Gasteiger partial charge in [0.05, 0.1) is 5.69 Å². The third-order valence-corrected chi connectivity index (χ3v) is 4.03. The van der Waals surface area contributed by atoms with Crippen LogP contribution in [0.3, 0.4) is 0 Å². The Morgan fingerprint density at radius 3 is 2.62 bits per heavy atom. The molecule has 0 saturated carbocycles. The average molecular weight is 350 g/mol. The van der Waals surface area contributed by atoms with Crippen molar-refractivity contribution in [3.63, 3.8) is 0 Å². The largest absolute Gasteiger partial charge is 0.363 e. The fourth-order valence-corrected chi connectivity index (χ4v) is 3.11. The lowest BCUT2D eigenvalue weighted by atomic mass is 10.1. The van der Waals surface area contributed by atoms with Crippen molar-refractivity contribution < 1.29 is 4.79 Å². The first-order valence-electron chi connectivity index (χ1n) is 6.96. The van der Waals surface area contributed by atoms with Gasteiger partial charge in [-0.05, 0) is 34.6 Å². The summed E-state index contributed by atoms with van der Waals surface area (Å²) in [5.74, 6) is -0.00473. The zero-order chi connectivity index (χ0) is 15.4. The third-order valence-electron chi connectivity index (χ3n) is 3.40. The van der Waals surface area contributed by atoms with Crippen LogP contribution in [-0.2, 0) is 4.79 Å². The number of nitrogens with zero attached hydrogens (tertiary/aromatic N) is 1. The number of likely N-dealkylation sites (N-methyl/N-ethyl adjacent to an activating group) is 1. The van der Waals surface area contributed by atoms with E-state index in [1.54, 1.807) is 0 Å². The molecule has 0 radical (unpaired) electrons. The van der Waals surface area contributed by atoms with E-state index in [2.05, 4.69) is 44.6 Å². The Morgan fingerprint density at radius 1 is 1.38 bits per heavy atom. The number of nitrogens with one attached hydrogen (secondary N) is 2. The highest BCUT2D eigenvalue weighted by molar-refractivity contribution is 9.10. The van der Waals surface area contributed by atoms with Crippen molar-refractivity contribution >= 4 is 33.2 Å². The number of benzene rings is 1. The van der Waals surface area contributed by atoms with Gasteiger partial charge in [0.15, 0.2) is 0 Å². The average Bonchev–Trinajstić information content (AvgIpc) is 2.74. The lowest BCUT2D eigenvalue weighted by molar-refractivity contribution is -0.117. The second-order valence-electron chi connectivity index (χ2n) is 4.85. The van der Waals surface area contributed by atoms with E-state index in [0.29, 0.717) is 13.1 Å². The molecule has 1 heterocycles. The highest BCUT2D eigenvalue weighted by atomic mass is 79.9. The van der Waals surface area contributed by atoms with Gasteiger partial charge in [0.2, 0.25) is 5.91 Å². The molecule has 0 fully saturated rings. The van der Waals surface area contributed by atoms with E-state index in [1.807, 2.05) is 31.2 Å². The van der Waals surface area contributed by atoms with E-state index in [-0.39, 0.29) is 11.9 Å². The van der Waals surface area contributed by atoms with Crippen LogP contribution in [0.15, 0.2) is 41.9 Å². The molecular weight excluding hydrogens is 330 g/mol. The normalized spacial score (nSPS) is 16.3. The molecule has 0 spiro atoms. The molecule has 1 atom stereocenters. The minimum absolute atomic E-state index is 0.00473. The summed E-state index contributed by atoms with van der Waals surface area (Å²) in [4.78, 5) is 14.2. The van der Waals surface area contributed by atoms with Gasteiger partial charge in [-0.3, -0.25) is 4.79 Å². The molecule has 21 heavy (non-hydrogen) atoms. The van der Waals surface area contributed by atoms with Crippen molar-refractivity contribution in [2.75, 3.05) is 29.9 Å². The van der Waals surface area contributed by atoms with Crippen molar-refractivity contribution in [2.45, 2.75) is 13.0 Å². The number of rotatable bonds is 7. The van der Waals surface area contributed by atoms with Crippen molar-refractivity contribution in [1.82, 2.24) is 5.32 Å². The topological polar surface area (TPSA) is 44.4 Å². The highest BCUT2D eigenvalue weighted by Gasteiger charge is 2.31. The lowest BCUT2D eigenvalue weighted by Crippen LogP contribution is -2.27. The summed E-state index contributed by atoms with van der Waals surface area (Å²) in [5, 5.41) is 6.14. The zero-order valence-corrected chi connectivity index (χ0v) is 13.7. The maximum absolute atomic E-state index is 12.0. The van der Waals surface area contributed by atoms with E-state index in [0.717, 1.165) is 28.0 Å². The number of carbonyl (C=O) groups excluding carboxylic acids is 1. The molecule has 1 aliphatic heterocycles. The fourth-order valence-electron chi connectivity index (χ4n) is 2.50. The van der Waals surface area contributed by atoms with Crippen LogP contribution in [0, 0.1) is 0 Å². The Balaban J connectivity index is 2.40. The fraction of sp³-hybridized carbons (Fsp3) is 0.312. The number of hydrogen-bond donors (Lipinski definition) is 2. The first kappa shape index (κ1) is 15.8. The van der Waals surface area contributed by atoms with Gasteiger partial charge in [-0.25, -0.2) is 0 Å². The summed E-state index contributed by atoms with van der Waals surface area (Å²) in [5.41, 5.74) is 2.86. The molecule has 0 bridgehead atoms. The second-order valence-corrected chi connectivity index (χ2v) is 5.71. The summed E-state index contributed by atoms with van der Waals surface area (Å²) in [6.07, 6.45) is 3.70. The maximum Gasteiger partial charge on any atom is 0.246 e. The van der Waals surface area contributed by atoms with Gasteiger partial charge < -0.3 is 15.5 Å². The van der Waals surface area contributed by atoms with Crippen molar-refractivity contribution in [3.05, 3.63) is 47.5 Å². The molecular formula is C16H20BrN3O. The first-order valence-corrected chi connectivity index (χ1v) is 7.76. The summed E-state index contributed by atoms with van der Waals surface area (Å²) in [6.45, 7) is 11.7. The number of anilines is 2. The van der Waals surface area contributed by atoms with Gasteiger partial charge in [-0.15, -0.1) is 13.2 Å². The number of carbonyl (C=O) groups is 1. The van der Waals surface area contributed by atoms with Crippen LogP contribution in [0.25, 0.3) is 0 Å². The predicted octanol–water partition coefficient (Wildman–Crippen LogP) is 3.23. The molecule has 5 heteroatoms. The van der Waals surface area contributed by atoms with Gasteiger partial charge in [-0.2, -0.15) is 0 Å². The molecule has 2 rings (SSSR count). The minimum atomic E-state index is -0.275. The molecule has 112 valence electrons. The Bertz CT molecular complexity index is 561. The monoisotopic (exact) mass is 349 g/mol. The van der Waals surface area contributed by atoms with E-state index >= 15 is 0 Å². The van der Waals surface area contributed by atoms with Gasteiger partial charge in [0.1, 0.15) is 6.04 Å². The summed E-state index contributed by atoms with van der Waals surface area (Å²) < 4.78 is 0.962. The smallest absolute Gasteiger partial charge is 0.246 e. The van der Waals surface area contributed by atoms with Gasteiger partial charge in [0.25, 0.3) is 0 Å². The van der Waals surface area contributed by atoms with E-state index < -0.39 is 0 Å². The number of fused-ring (bicyclic) bond motifs is 1. The molecule has 2 N–H and O–H groups in total. The molecule has 0 aromatic heterocycles. The van der Waals surface area contributed by atoms with Gasteiger partial charge in [0, 0.05) is 28.8 Å². The number of halogens is 1. The summed E-state index contributed by atoms with van der Waals surface area (Å²) in [6, 6.07) is 3.74. The Labute approximate surface area is 134 Å². The Morgan fingerprint density at radius 2 is 2.05 bits per heavy atom. The zero-order valence-electron chi connectivity index (χ0n) is 12.2. The first-order chi connectivity index (χ1) is 10.1. The second kappa shape index (κ2) is 6.91. The van der Waals surface area contributed by atoms with Crippen LogP contribution < -0.4 is 15.5 Å². The predicted molar refractivity (Wildman–Crippen MR) is 91.8 cm³/mol. The third kappa shape index (κ3) is 3.19. The van der Waals surface area contributed by atoms with Crippen LogP contribution in [0.4, 0.5) is 11.4 Å². The van der Waals surface area contributed by atoms with Crippen LogP contribution >= 0.6 is 15.9 Å². The molecule has 4 nitrogen and oxygen atoms in total. The molecule has 1 aliphatic rings. The van der Waals surface area contributed by atoms with E-state index in [9.17, 15) is 4.79 Å². The van der Waals surface area contributed by atoms with Crippen molar-refractivity contribution in [2.24, 2.45) is 0 Å². The van der Waals surface area contributed by atoms with E-state index in [4.69, 9.17) is 0 Å². The molecule has 0 aliphatic carbocycles. The van der Waals surface area contributed by atoms with Crippen LogP contribution in [0.2, 0.25) is 0 Å². The molecule has 0 saturated heterocycles. The summed E-state index contributed by atoms with van der Waals surface area (Å²) >= 11 is 3.61. The van der Waals surface area contributed by atoms with Gasteiger partial charge >= 0.3 is 0 Å². The standard InChI is InChI=1S/C16H20BrN3O/c1-4-7-20(8-5-2)14-10-13-11(9-12(14)17)15(18-6-3)16(21)19-13/h4-5,9-10,15,18H,1-2,6-8H2,3H3,(H,19,21). The highest BCUT2D eigenvalue weighted by Crippen LogP contribution is 2.39. The number of amides is 1. The van der Waals surface area contributed by atoms with Crippen LogP contribution in [0.5, 0.6) is 0 Å². The summed E-state index contributed by atoms with van der Waals surface area (Å²) in [7, 11) is 0. The Kier molecular flexibility index (Phi) is 5.20. The quantitative estimate of drug-likeness (QED) is 0.742. The maximum atomic E-state index is 12.0. The number of hydrogen-bond acceptors (Lipinski definition) is 3. The van der Waals surface area contributed by atoms with Gasteiger partial charge in [-0.1, -0.05) is 19.1 Å². The molecule has 1 amide bonds. The molecule has 1 aromatic carbocycles. The lowest BCUT2D eigenvalue weighted by Gasteiger charge is -2.24. The molecule has 1 unspecified atom stereocenters. The van der Waals surface area contributed by atoms with Crippen LogP contribution in [0.1, 0.15) is 18.5 Å². The Hall–Kier alpha value is -1.59.